The molecule has 5 heteroatoms. The van der Waals surface area contributed by atoms with Gasteiger partial charge in [0.2, 0.25) is 5.89 Å². The van der Waals surface area contributed by atoms with Crippen molar-refractivity contribution >= 4 is 0 Å². The van der Waals surface area contributed by atoms with E-state index in [-0.39, 0.29) is 6.04 Å². The Labute approximate surface area is 108 Å². The van der Waals surface area contributed by atoms with Gasteiger partial charge < -0.3 is 9.63 Å². The third kappa shape index (κ3) is 2.90. The number of aliphatic hydroxyl groups excluding tert-OH is 1. The summed E-state index contributed by atoms with van der Waals surface area (Å²) in [6.45, 7) is 8.52. The van der Waals surface area contributed by atoms with Crippen LogP contribution in [0.25, 0.3) is 0 Å². The first-order valence-electron chi connectivity index (χ1n) is 6.80. The lowest BCUT2D eigenvalue weighted by molar-refractivity contribution is 0.0929. The zero-order valence-electron chi connectivity index (χ0n) is 11.5. The van der Waals surface area contributed by atoms with Crippen molar-refractivity contribution in [1.29, 1.82) is 0 Å². The quantitative estimate of drug-likeness (QED) is 0.888. The van der Waals surface area contributed by atoms with E-state index in [4.69, 9.17) is 9.63 Å². The molecule has 0 radical (unpaired) electrons. The number of piperidine rings is 1. The zero-order valence-corrected chi connectivity index (χ0v) is 11.5. The average molecular weight is 253 g/mol. The third-order valence-corrected chi connectivity index (χ3v) is 3.79. The predicted molar refractivity (Wildman–Crippen MR) is 68.2 cm³/mol. The Morgan fingerprint density at radius 1 is 1.33 bits per heavy atom. The molecule has 0 spiro atoms. The molecular weight excluding hydrogens is 230 g/mol. The van der Waals surface area contributed by atoms with Crippen molar-refractivity contribution in [2.75, 3.05) is 19.7 Å². The number of likely N-dealkylation sites (tertiary alicyclic amines) is 1. The molecule has 1 fully saturated rings. The summed E-state index contributed by atoms with van der Waals surface area (Å²) in [7, 11) is 0. The second-order valence-corrected chi connectivity index (χ2v) is 5.48. The second-order valence-electron chi connectivity index (χ2n) is 5.48. The van der Waals surface area contributed by atoms with Crippen LogP contribution in [-0.4, -0.2) is 39.8 Å². The van der Waals surface area contributed by atoms with Crippen LogP contribution in [0, 0.1) is 5.92 Å². The molecular formula is C13H23N3O2. The second kappa shape index (κ2) is 5.80. The van der Waals surface area contributed by atoms with Crippen LogP contribution in [0.3, 0.4) is 0 Å². The molecule has 2 heterocycles. The van der Waals surface area contributed by atoms with E-state index in [1.807, 2.05) is 0 Å². The van der Waals surface area contributed by atoms with Gasteiger partial charge in [-0.3, -0.25) is 4.90 Å². The molecule has 0 aliphatic carbocycles. The van der Waals surface area contributed by atoms with Gasteiger partial charge in [0.25, 0.3) is 0 Å². The number of hydrogen-bond acceptors (Lipinski definition) is 5. The van der Waals surface area contributed by atoms with E-state index < -0.39 is 0 Å². The standard InChI is InChI=1S/C13H23N3O2/c1-9(2)12-14-13(18-15-12)10(3)16-6-4-11(8-17)5-7-16/h9-11,17H,4-8H2,1-3H3/t10-/m1/s1. The van der Waals surface area contributed by atoms with Crippen molar-refractivity contribution in [3.8, 4) is 0 Å². The first-order chi connectivity index (χ1) is 8.61. The van der Waals surface area contributed by atoms with E-state index in [1.54, 1.807) is 0 Å². The molecule has 102 valence electrons. The Hall–Kier alpha value is -0.940. The van der Waals surface area contributed by atoms with Crippen LogP contribution in [0.2, 0.25) is 0 Å². The Morgan fingerprint density at radius 2 is 2.00 bits per heavy atom. The molecule has 5 nitrogen and oxygen atoms in total. The topological polar surface area (TPSA) is 62.4 Å². The molecule has 1 aromatic heterocycles. The van der Waals surface area contributed by atoms with Gasteiger partial charge in [-0.05, 0) is 38.8 Å². The highest BCUT2D eigenvalue weighted by molar-refractivity contribution is 4.96. The maximum absolute atomic E-state index is 9.14. The van der Waals surface area contributed by atoms with Gasteiger partial charge in [-0.2, -0.15) is 4.98 Å². The highest BCUT2D eigenvalue weighted by Gasteiger charge is 2.26. The number of aliphatic hydroxyl groups is 1. The van der Waals surface area contributed by atoms with Crippen molar-refractivity contribution < 1.29 is 9.63 Å². The molecule has 18 heavy (non-hydrogen) atoms. The van der Waals surface area contributed by atoms with Gasteiger partial charge in [-0.1, -0.05) is 19.0 Å². The molecule has 0 amide bonds. The van der Waals surface area contributed by atoms with E-state index in [2.05, 4.69) is 35.8 Å². The normalized spacial score (nSPS) is 20.5. The van der Waals surface area contributed by atoms with Gasteiger partial charge in [0.1, 0.15) is 0 Å². The molecule has 2 rings (SSSR count). The summed E-state index contributed by atoms with van der Waals surface area (Å²) in [4.78, 5) is 6.81. The minimum Gasteiger partial charge on any atom is -0.396 e. The molecule has 1 aliphatic heterocycles. The minimum atomic E-state index is 0.171. The third-order valence-electron chi connectivity index (χ3n) is 3.79. The Bertz CT molecular complexity index is 370. The monoisotopic (exact) mass is 253 g/mol. The van der Waals surface area contributed by atoms with Gasteiger partial charge >= 0.3 is 0 Å². The number of nitrogens with zero attached hydrogens (tertiary/aromatic N) is 3. The summed E-state index contributed by atoms with van der Waals surface area (Å²) >= 11 is 0. The van der Waals surface area contributed by atoms with Crippen molar-refractivity contribution in [3.63, 3.8) is 0 Å². The van der Waals surface area contributed by atoms with E-state index >= 15 is 0 Å². The number of aromatic nitrogens is 2. The van der Waals surface area contributed by atoms with Crippen LogP contribution in [0.1, 0.15) is 57.3 Å². The van der Waals surface area contributed by atoms with Crippen molar-refractivity contribution in [2.45, 2.75) is 45.6 Å². The molecule has 1 saturated heterocycles. The predicted octanol–water partition coefficient (Wildman–Crippen LogP) is 1.96. The van der Waals surface area contributed by atoms with Gasteiger partial charge in [0, 0.05) is 12.5 Å². The minimum absolute atomic E-state index is 0.171. The van der Waals surface area contributed by atoms with Gasteiger partial charge in [-0.15, -0.1) is 0 Å². The van der Waals surface area contributed by atoms with Gasteiger partial charge in [-0.25, -0.2) is 0 Å². The SMILES string of the molecule is CC(C)c1noc([C@@H](C)N2CCC(CO)CC2)n1. The van der Waals surface area contributed by atoms with Crippen LogP contribution < -0.4 is 0 Å². The molecule has 1 atom stereocenters. The van der Waals surface area contributed by atoms with Crippen molar-refractivity contribution in [1.82, 2.24) is 15.0 Å². The highest BCUT2D eigenvalue weighted by atomic mass is 16.5. The van der Waals surface area contributed by atoms with Crippen LogP contribution in [0.15, 0.2) is 4.52 Å². The Morgan fingerprint density at radius 3 is 2.50 bits per heavy atom. The molecule has 0 unspecified atom stereocenters. The number of rotatable bonds is 4. The van der Waals surface area contributed by atoms with Crippen molar-refractivity contribution in [3.05, 3.63) is 11.7 Å². The molecule has 1 aromatic rings. The summed E-state index contributed by atoms with van der Waals surface area (Å²) in [6.07, 6.45) is 2.10. The highest BCUT2D eigenvalue weighted by Crippen LogP contribution is 2.26. The van der Waals surface area contributed by atoms with E-state index in [0.717, 1.165) is 31.8 Å². The summed E-state index contributed by atoms with van der Waals surface area (Å²) in [5.41, 5.74) is 0. The van der Waals surface area contributed by atoms with Crippen LogP contribution in [0.4, 0.5) is 0 Å². The summed E-state index contributed by atoms with van der Waals surface area (Å²) in [5, 5.41) is 13.1. The van der Waals surface area contributed by atoms with Crippen LogP contribution >= 0.6 is 0 Å². The summed E-state index contributed by atoms with van der Waals surface area (Å²) in [6, 6.07) is 0.171. The van der Waals surface area contributed by atoms with E-state index in [9.17, 15) is 0 Å². The van der Waals surface area contributed by atoms with Gasteiger partial charge in [0.15, 0.2) is 5.82 Å². The van der Waals surface area contributed by atoms with E-state index in [0.29, 0.717) is 24.3 Å². The molecule has 1 aliphatic rings. The average Bonchev–Trinajstić information content (AvgIpc) is 2.88. The maximum Gasteiger partial charge on any atom is 0.243 e. The lowest BCUT2D eigenvalue weighted by Gasteiger charge is -2.33. The molecule has 0 bridgehead atoms. The molecule has 1 N–H and O–H groups in total. The summed E-state index contributed by atoms with van der Waals surface area (Å²) in [5.74, 6) is 2.25. The Kier molecular flexibility index (Phi) is 4.35. The summed E-state index contributed by atoms with van der Waals surface area (Å²) < 4.78 is 5.34. The maximum atomic E-state index is 9.14. The number of hydrogen-bond donors (Lipinski definition) is 1. The smallest absolute Gasteiger partial charge is 0.243 e. The molecule has 0 aromatic carbocycles. The fraction of sp³-hybridized carbons (Fsp3) is 0.846. The fourth-order valence-electron chi connectivity index (χ4n) is 2.33. The zero-order chi connectivity index (χ0) is 13.1. The lowest BCUT2D eigenvalue weighted by atomic mass is 9.97. The van der Waals surface area contributed by atoms with Crippen molar-refractivity contribution in [2.24, 2.45) is 5.92 Å². The largest absolute Gasteiger partial charge is 0.396 e. The lowest BCUT2D eigenvalue weighted by Crippen LogP contribution is -2.36. The van der Waals surface area contributed by atoms with E-state index in [1.165, 1.54) is 0 Å². The first kappa shape index (κ1) is 13.5. The van der Waals surface area contributed by atoms with Crippen LogP contribution in [0.5, 0.6) is 0 Å². The first-order valence-corrected chi connectivity index (χ1v) is 6.80. The Balaban J connectivity index is 1.96. The molecule has 0 saturated carbocycles. The van der Waals surface area contributed by atoms with Gasteiger partial charge in [0.05, 0.1) is 6.04 Å². The van der Waals surface area contributed by atoms with Crippen LogP contribution in [-0.2, 0) is 0 Å². The fourth-order valence-corrected chi connectivity index (χ4v) is 2.33.